The number of hydrogen-bond acceptors (Lipinski definition) is 4. The summed E-state index contributed by atoms with van der Waals surface area (Å²) < 4.78 is 13.6. The van der Waals surface area contributed by atoms with Crippen LogP contribution in [0.15, 0.2) is 12.1 Å². The number of amides is 1. The maximum atomic E-state index is 13.6. The SMILES string of the molecule is CCC(C)CN(C)C(=O)c1cc(NC)c(F)cc1[N+](=O)[O-]. The minimum Gasteiger partial charge on any atom is -0.386 e. The summed E-state index contributed by atoms with van der Waals surface area (Å²) in [6.07, 6.45) is 0.894. The van der Waals surface area contributed by atoms with Crippen molar-refractivity contribution in [1.29, 1.82) is 0 Å². The molecule has 0 fully saturated rings. The first kappa shape index (κ1) is 16.9. The van der Waals surface area contributed by atoms with E-state index in [0.29, 0.717) is 6.54 Å². The Morgan fingerprint density at radius 2 is 2.14 bits per heavy atom. The van der Waals surface area contributed by atoms with Gasteiger partial charge in [-0.3, -0.25) is 14.9 Å². The highest BCUT2D eigenvalue weighted by Gasteiger charge is 2.26. The van der Waals surface area contributed by atoms with Crippen LogP contribution >= 0.6 is 0 Å². The number of hydrogen-bond donors (Lipinski definition) is 1. The van der Waals surface area contributed by atoms with Crippen molar-refractivity contribution in [3.05, 3.63) is 33.6 Å². The predicted molar refractivity (Wildman–Crippen MR) is 79.0 cm³/mol. The molecule has 1 aromatic rings. The second-order valence-corrected chi connectivity index (χ2v) is 5.06. The molecule has 0 saturated carbocycles. The minimum atomic E-state index is -0.759. The van der Waals surface area contributed by atoms with E-state index in [-0.39, 0.29) is 17.2 Å². The fraction of sp³-hybridized carbons (Fsp3) is 0.500. The molecule has 0 aliphatic rings. The van der Waals surface area contributed by atoms with Gasteiger partial charge in [0.2, 0.25) is 0 Å². The molecule has 0 saturated heterocycles. The summed E-state index contributed by atoms with van der Waals surface area (Å²) in [7, 11) is 3.07. The molecule has 1 unspecified atom stereocenters. The van der Waals surface area contributed by atoms with E-state index in [0.717, 1.165) is 12.5 Å². The summed E-state index contributed by atoms with van der Waals surface area (Å²) in [5, 5.41) is 13.6. The van der Waals surface area contributed by atoms with E-state index in [1.165, 1.54) is 18.0 Å². The van der Waals surface area contributed by atoms with Crippen molar-refractivity contribution in [2.45, 2.75) is 20.3 Å². The van der Waals surface area contributed by atoms with Gasteiger partial charge >= 0.3 is 0 Å². The van der Waals surface area contributed by atoms with E-state index in [4.69, 9.17) is 0 Å². The third-order valence-corrected chi connectivity index (χ3v) is 3.41. The highest BCUT2D eigenvalue weighted by atomic mass is 19.1. The molecule has 1 atom stereocenters. The Kier molecular flexibility index (Phi) is 5.63. The van der Waals surface area contributed by atoms with Crippen LogP contribution in [0.4, 0.5) is 15.8 Å². The van der Waals surface area contributed by atoms with Crippen LogP contribution in [0.3, 0.4) is 0 Å². The van der Waals surface area contributed by atoms with E-state index >= 15 is 0 Å². The van der Waals surface area contributed by atoms with Gasteiger partial charge in [-0.05, 0) is 12.0 Å². The zero-order valence-electron chi connectivity index (χ0n) is 12.6. The molecule has 21 heavy (non-hydrogen) atoms. The van der Waals surface area contributed by atoms with Gasteiger partial charge in [0.25, 0.3) is 11.6 Å². The summed E-state index contributed by atoms with van der Waals surface area (Å²) in [5.41, 5.74) is -0.579. The lowest BCUT2D eigenvalue weighted by atomic mass is 10.1. The number of carbonyl (C=O) groups excluding carboxylic acids is 1. The van der Waals surface area contributed by atoms with Gasteiger partial charge in [-0.15, -0.1) is 0 Å². The maximum Gasteiger partial charge on any atom is 0.285 e. The van der Waals surface area contributed by atoms with Crippen molar-refractivity contribution in [1.82, 2.24) is 4.90 Å². The average molecular weight is 297 g/mol. The lowest BCUT2D eigenvalue weighted by molar-refractivity contribution is -0.385. The van der Waals surface area contributed by atoms with Gasteiger partial charge in [0, 0.05) is 20.6 Å². The fourth-order valence-corrected chi connectivity index (χ4v) is 1.96. The largest absolute Gasteiger partial charge is 0.386 e. The summed E-state index contributed by atoms with van der Waals surface area (Å²) in [6.45, 7) is 4.48. The molecule has 1 amide bonds. The van der Waals surface area contributed by atoms with Crippen LogP contribution in [0.25, 0.3) is 0 Å². The quantitative estimate of drug-likeness (QED) is 0.647. The van der Waals surface area contributed by atoms with E-state index in [9.17, 15) is 19.3 Å². The molecule has 0 aromatic heterocycles. The molecule has 116 valence electrons. The van der Waals surface area contributed by atoms with Crippen LogP contribution in [-0.4, -0.2) is 36.4 Å². The third-order valence-electron chi connectivity index (χ3n) is 3.41. The molecule has 7 heteroatoms. The van der Waals surface area contributed by atoms with Gasteiger partial charge < -0.3 is 10.2 Å². The topological polar surface area (TPSA) is 75.5 Å². The van der Waals surface area contributed by atoms with Crippen molar-refractivity contribution >= 4 is 17.3 Å². The molecule has 0 heterocycles. The second kappa shape index (κ2) is 7.01. The monoisotopic (exact) mass is 297 g/mol. The van der Waals surface area contributed by atoms with Crippen molar-refractivity contribution in [3.8, 4) is 0 Å². The fourth-order valence-electron chi connectivity index (χ4n) is 1.96. The maximum absolute atomic E-state index is 13.6. The summed E-state index contributed by atoms with van der Waals surface area (Å²) in [5.74, 6) is -0.967. The van der Waals surface area contributed by atoms with Crippen molar-refractivity contribution in [2.24, 2.45) is 5.92 Å². The van der Waals surface area contributed by atoms with Gasteiger partial charge in [0.15, 0.2) is 5.82 Å². The minimum absolute atomic E-state index is 0.0564. The summed E-state index contributed by atoms with van der Waals surface area (Å²) in [4.78, 5) is 24.1. The van der Waals surface area contributed by atoms with E-state index in [1.54, 1.807) is 7.05 Å². The number of rotatable bonds is 6. The molecule has 1 aromatic carbocycles. The van der Waals surface area contributed by atoms with Crippen molar-refractivity contribution in [2.75, 3.05) is 26.0 Å². The predicted octanol–water partition coefficient (Wildman–Crippen LogP) is 2.89. The van der Waals surface area contributed by atoms with E-state index < -0.39 is 22.3 Å². The average Bonchev–Trinajstić information content (AvgIpc) is 2.45. The standard InChI is InChI=1S/C14H20FN3O3/c1-5-9(2)8-17(4)14(19)10-6-12(16-3)11(15)7-13(10)18(20)21/h6-7,9,16H,5,8H2,1-4H3. The van der Waals surface area contributed by atoms with Gasteiger partial charge in [0.1, 0.15) is 5.56 Å². The lowest BCUT2D eigenvalue weighted by Gasteiger charge is -2.21. The summed E-state index contributed by atoms with van der Waals surface area (Å²) in [6, 6.07) is 1.96. The van der Waals surface area contributed by atoms with Crippen molar-refractivity contribution in [3.63, 3.8) is 0 Å². The lowest BCUT2D eigenvalue weighted by Crippen LogP contribution is -2.31. The number of carbonyl (C=O) groups is 1. The van der Waals surface area contributed by atoms with Gasteiger partial charge in [0.05, 0.1) is 16.7 Å². The first-order valence-electron chi connectivity index (χ1n) is 6.72. The zero-order chi connectivity index (χ0) is 16.2. The first-order chi connectivity index (χ1) is 9.81. The van der Waals surface area contributed by atoms with E-state index in [2.05, 4.69) is 5.32 Å². The molecule has 0 aliphatic heterocycles. The number of halogens is 1. The molecular weight excluding hydrogens is 277 g/mol. The molecular formula is C14H20FN3O3. The molecule has 0 spiro atoms. The summed E-state index contributed by atoms with van der Waals surface area (Å²) >= 11 is 0. The highest BCUT2D eigenvalue weighted by Crippen LogP contribution is 2.27. The molecule has 1 rings (SSSR count). The number of nitrogens with zero attached hydrogens (tertiary/aromatic N) is 2. The number of benzene rings is 1. The second-order valence-electron chi connectivity index (χ2n) is 5.06. The van der Waals surface area contributed by atoms with E-state index in [1.807, 2.05) is 13.8 Å². The molecule has 0 bridgehead atoms. The smallest absolute Gasteiger partial charge is 0.285 e. The molecule has 1 N–H and O–H groups in total. The van der Waals surface area contributed by atoms with Crippen LogP contribution in [0.1, 0.15) is 30.6 Å². The Balaban J connectivity index is 3.20. The number of nitrogens with one attached hydrogen (secondary N) is 1. The first-order valence-corrected chi connectivity index (χ1v) is 6.72. The highest BCUT2D eigenvalue weighted by molar-refractivity contribution is 5.99. The molecule has 6 nitrogen and oxygen atoms in total. The van der Waals surface area contributed by atoms with Gasteiger partial charge in [-0.2, -0.15) is 0 Å². The number of nitro groups is 1. The van der Waals surface area contributed by atoms with Gasteiger partial charge in [-0.25, -0.2) is 4.39 Å². The Morgan fingerprint density at radius 1 is 1.52 bits per heavy atom. The van der Waals surface area contributed by atoms with Crippen LogP contribution in [0.2, 0.25) is 0 Å². The Bertz CT molecular complexity index is 549. The van der Waals surface area contributed by atoms with Crippen LogP contribution < -0.4 is 5.32 Å². The van der Waals surface area contributed by atoms with Crippen LogP contribution in [0.5, 0.6) is 0 Å². The zero-order valence-corrected chi connectivity index (χ0v) is 12.6. The van der Waals surface area contributed by atoms with Crippen molar-refractivity contribution < 1.29 is 14.1 Å². The van der Waals surface area contributed by atoms with Crippen LogP contribution in [-0.2, 0) is 0 Å². The number of anilines is 1. The normalized spacial score (nSPS) is 11.9. The van der Waals surface area contributed by atoms with Gasteiger partial charge in [-0.1, -0.05) is 20.3 Å². The third kappa shape index (κ3) is 3.90. The Hall–Kier alpha value is -2.18. The van der Waals surface area contributed by atoms with Crippen LogP contribution in [0, 0.1) is 21.8 Å². The Morgan fingerprint density at radius 3 is 2.62 bits per heavy atom. The molecule has 0 radical (unpaired) electrons. The number of nitro benzene ring substituents is 1. The molecule has 0 aliphatic carbocycles. The Labute approximate surface area is 123 Å².